The molecule has 0 bridgehead atoms. The fraction of sp³-hybridized carbons (Fsp3) is 0.0667. The van der Waals surface area contributed by atoms with Gasteiger partial charge in [-0.15, -0.1) is 0 Å². The molecule has 0 spiro atoms. The number of carbonyl (C=O) groups excluding carboxylic acids is 1. The third-order valence-corrected chi connectivity index (χ3v) is 7.13. The van der Waals surface area contributed by atoms with Gasteiger partial charge in [-0.25, -0.2) is 0 Å². The van der Waals surface area contributed by atoms with E-state index in [1.54, 1.807) is 23.1 Å². The van der Waals surface area contributed by atoms with Crippen LogP contribution < -0.4 is 4.74 Å². The number of para-hydroxylation sites is 1. The molecule has 0 aliphatic carbocycles. The quantitative estimate of drug-likeness (QED) is 0.231. The molecule has 1 unspecified atom stereocenters. The summed E-state index contributed by atoms with van der Waals surface area (Å²) in [4.78, 5) is 15.5. The Labute approximate surface area is 229 Å². The lowest BCUT2D eigenvalue weighted by Crippen LogP contribution is -2.29. The average Bonchev–Trinajstić information content (AvgIpc) is 3.46. The van der Waals surface area contributed by atoms with Crippen molar-refractivity contribution >= 4 is 29.1 Å². The highest BCUT2D eigenvalue weighted by atomic mass is 35.5. The molecule has 5 aromatic rings. The predicted octanol–water partition coefficient (Wildman–Crippen LogP) is 7.63. The maximum absolute atomic E-state index is 13.8. The second-order valence-corrected chi connectivity index (χ2v) is 9.78. The molecule has 8 heteroatoms. The number of hydrogen-bond donors (Lipinski definition) is 2. The second kappa shape index (κ2) is 9.89. The number of fused-ring (bicyclic) bond motifs is 1. The zero-order valence-electron chi connectivity index (χ0n) is 19.9. The Morgan fingerprint density at radius 2 is 1.66 bits per heavy atom. The molecular weight excluding hydrogens is 521 g/mol. The van der Waals surface area contributed by atoms with E-state index in [9.17, 15) is 9.90 Å². The zero-order chi connectivity index (χ0) is 26.2. The molecule has 1 amide bonds. The first kappa shape index (κ1) is 24.1. The molecule has 1 atom stereocenters. The maximum atomic E-state index is 13.8. The molecule has 0 fully saturated rings. The number of H-pyrrole nitrogens is 1. The van der Waals surface area contributed by atoms with Crippen LogP contribution in [0.1, 0.15) is 33.2 Å². The number of nitrogens with zero attached hydrogens (tertiary/aromatic N) is 2. The number of phenols is 1. The van der Waals surface area contributed by atoms with E-state index in [-0.39, 0.29) is 18.2 Å². The molecule has 0 saturated carbocycles. The number of ether oxygens (including phenoxy) is 1. The van der Waals surface area contributed by atoms with Gasteiger partial charge in [-0.1, -0.05) is 71.7 Å². The third-order valence-electron chi connectivity index (χ3n) is 6.53. The molecule has 6 rings (SSSR count). The van der Waals surface area contributed by atoms with Crippen molar-refractivity contribution in [2.75, 3.05) is 0 Å². The van der Waals surface area contributed by atoms with Gasteiger partial charge in [0.15, 0.2) is 0 Å². The number of nitrogens with one attached hydrogen (secondary N) is 1. The van der Waals surface area contributed by atoms with Gasteiger partial charge < -0.3 is 14.7 Å². The van der Waals surface area contributed by atoms with Crippen molar-refractivity contribution in [3.8, 4) is 28.5 Å². The summed E-state index contributed by atoms with van der Waals surface area (Å²) in [7, 11) is 0. The van der Waals surface area contributed by atoms with E-state index in [1.807, 2.05) is 72.8 Å². The number of aromatic amines is 1. The van der Waals surface area contributed by atoms with E-state index in [0.29, 0.717) is 44.1 Å². The molecule has 2 N–H and O–H groups in total. The summed E-state index contributed by atoms with van der Waals surface area (Å²) >= 11 is 12.7. The van der Waals surface area contributed by atoms with E-state index in [0.717, 1.165) is 11.1 Å². The number of rotatable bonds is 6. The summed E-state index contributed by atoms with van der Waals surface area (Å²) in [6.07, 6.45) is 0. The van der Waals surface area contributed by atoms with Crippen LogP contribution in [0.4, 0.5) is 0 Å². The third kappa shape index (κ3) is 4.38. The Balaban J connectivity index is 1.49. The fourth-order valence-corrected chi connectivity index (χ4v) is 5.16. The summed E-state index contributed by atoms with van der Waals surface area (Å²) in [5.74, 6) is 1.12. The van der Waals surface area contributed by atoms with Crippen molar-refractivity contribution in [2.45, 2.75) is 12.6 Å². The monoisotopic (exact) mass is 541 g/mol. The minimum absolute atomic E-state index is 0.0145. The summed E-state index contributed by atoms with van der Waals surface area (Å²) in [6.45, 7) is 0.274. The van der Waals surface area contributed by atoms with Crippen LogP contribution in [0, 0.1) is 0 Å². The highest BCUT2D eigenvalue weighted by molar-refractivity contribution is 6.31. The second-order valence-electron chi connectivity index (χ2n) is 8.94. The Bertz CT molecular complexity index is 1650. The van der Waals surface area contributed by atoms with E-state index in [2.05, 4.69) is 10.2 Å². The molecule has 188 valence electrons. The normalized spacial score (nSPS) is 14.5. The highest BCUT2D eigenvalue weighted by Gasteiger charge is 2.42. The molecule has 0 saturated heterocycles. The summed E-state index contributed by atoms with van der Waals surface area (Å²) in [5, 5.41) is 19.0. The highest BCUT2D eigenvalue weighted by Crippen LogP contribution is 2.46. The van der Waals surface area contributed by atoms with Gasteiger partial charge in [0.25, 0.3) is 5.91 Å². The van der Waals surface area contributed by atoms with Gasteiger partial charge in [-0.2, -0.15) is 5.10 Å². The molecule has 1 aromatic heterocycles. The fourth-order valence-electron chi connectivity index (χ4n) is 4.79. The van der Waals surface area contributed by atoms with E-state index in [4.69, 9.17) is 27.9 Å². The average molecular weight is 542 g/mol. The minimum Gasteiger partial charge on any atom is -0.507 e. The first-order chi connectivity index (χ1) is 18.5. The van der Waals surface area contributed by atoms with Gasteiger partial charge in [0.1, 0.15) is 28.6 Å². The number of halogens is 2. The van der Waals surface area contributed by atoms with Crippen molar-refractivity contribution in [2.24, 2.45) is 0 Å². The van der Waals surface area contributed by atoms with E-state index in [1.165, 1.54) is 6.07 Å². The Kier molecular flexibility index (Phi) is 6.27. The first-order valence-corrected chi connectivity index (χ1v) is 12.7. The van der Waals surface area contributed by atoms with Gasteiger partial charge >= 0.3 is 0 Å². The van der Waals surface area contributed by atoms with Crippen LogP contribution in [0.25, 0.3) is 11.3 Å². The predicted molar refractivity (Wildman–Crippen MR) is 147 cm³/mol. The Morgan fingerprint density at radius 3 is 2.47 bits per heavy atom. The lowest BCUT2D eigenvalue weighted by Gasteiger charge is -2.27. The number of phenolic OH excluding ortho intramolecular Hbond substituents is 1. The van der Waals surface area contributed by atoms with E-state index < -0.39 is 6.04 Å². The van der Waals surface area contributed by atoms with Crippen LogP contribution in [-0.2, 0) is 6.54 Å². The SMILES string of the molecule is O=C1c2[nH]nc(-c3cc(Cl)ccc3O)c2C(c2cccc(Oc3ccccc3)c2)N1Cc1ccccc1Cl. The zero-order valence-corrected chi connectivity index (χ0v) is 21.4. The van der Waals surface area contributed by atoms with Crippen LogP contribution in [0.5, 0.6) is 17.2 Å². The van der Waals surface area contributed by atoms with Crippen LogP contribution >= 0.6 is 23.2 Å². The smallest absolute Gasteiger partial charge is 0.273 e. The molecular formula is C30H21Cl2N3O3. The van der Waals surface area contributed by atoms with Gasteiger partial charge in [0.05, 0.1) is 6.04 Å². The molecule has 38 heavy (non-hydrogen) atoms. The number of benzene rings is 4. The number of aromatic nitrogens is 2. The van der Waals surface area contributed by atoms with Crippen molar-refractivity contribution in [1.29, 1.82) is 0 Å². The lowest BCUT2D eigenvalue weighted by atomic mass is 9.95. The molecule has 2 heterocycles. The van der Waals surface area contributed by atoms with E-state index >= 15 is 0 Å². The van der Waals surface area contributed by atoms with Crippen LogP contribution in [-0.4, -0.2) is 26.1 Å². The lowest BCUT2D eigenvalue weighted by molar-refractivity contribution is 0.0730. The number of aromatic hydroxyl groups is 1. The van der Waals surface area contributed by atoms with Crippen molar-refractivity contribution < 1.29 is 14.6 Å². The largest absolute Gasteiger partial charge is 0.507 e. The first-order valence-electron chi connectivity index (χ1n) is 11.9. The Hall–Kier alpha value is -4.26. The van der Waals surface area contributed by atoms with Gasteiger partial charge in [-0.05, 0) is 59.7 Å². The standard InChI is InChI=1S/C30H21Cl2N3O3/c31-20-13-14-25(36)23(16-20)27-26-28(34-33-27)30(37)35(17-19-7-4-5-12-24(19)32)29(26)18-8-6-11-22(15-18)38-21-9-2-1-3-10-21/h1-16,29,36H,17H2,(H,33,34). The van der Waals surface area contributed by atoms with Gasteiger partial charge in [0.2, 0.25) is 0 Å². The molecule has 0 radical (unpaired) electrons. The van der Waals surface area contributed by atoms with Crippen LogP contribution in [0.2, 0.25) is 10.0 Å². The molecule has 6 nitrogen and oxygen atoms in total. The summed E-state index contributed by atoms with van der Waals surface area (Å²) in [5.41, 5.74) is 3.52. The maximum Gasteiger partial charge on any atom is 0.273 e. The summed E-state index contributed by atoms with van der Waals surface area (Å²) < 4.78 is 6.09. The summed E-state index contributed by atoms with van der Waals surface area (Å²) in [6, 6.07) is 28.8. The number of hydrogen-bond acceptors (Lipinski definition) is 4. The number of amides is 1. The minimum atomic E-state index is -0.528. The van der Waals surface area contributed by atoms with Crippen LogP contribution in [0.3, 0.4) is 0 Å². The number of carbonyl (C=O) groups is 1. The van der Waals surface area contributed by atoms with Crippen LogP contribution in [0.15, 0.2) is 97.1 Å². The van der Waals surface area contributed by atoms with Gasteiger partial charge in [-0.3, -0.25) is 9.89 Å². The molecule has 1 aliphatic rings. The molecule has 4 aromatic carbocycles. The molecule has 1 aliphatic heterocycles. The van der Waals surface area contributed by atoms with Gasteiger partial charge in [0, 0.05) is 27.7 Å². The topological polar surface area (TPSA) is 78.5 Å². The Morgan fingerprint density at radius 1 is 0.895 bits per heavy atom. The van der Waals surface area contributed by atoms with Crippen molar-refractivity contribution in [3.05, 3.63) is 129 Å². The van der Waals surface area contributed by atoms with Crippen molar-refractivity contribution in [3.63, 3.8) is 0 Å². The van der Waals surface area contributed by atoms with Crippen molar-refractivity contribution in [1.82, 2.24) is 15.1 Å².